The maximum atomic E-state index is 12.6. The van der Waals surface area contributed by atoms with E-state index in [1.54, 1.807) is 0 Å². The number of hydrogen-bond donors (Lipinski definition) is 0. The number of nitro benzene ring substituents is 1. The summed E-state index contributed by atoms with van der Waals surface area (Å²) in [5.41, 5.74) is 0.612. The van der Waals surface area contributed by atoms with E-state index in [4.69, 9.17) is 0 Å². The van der Waals surface area contributed by atoms with Gasteiger partial charge in [0.15, 0.2) is 9.84 Å². The third-order valence-corrected chi connectivity index (χ3v) is 6.00. The zero-order valence-corrected chi connectivity index (χ0v) is 11.9. The van der Waals surface area contributed by atoms with Gasteiger partial charge in [0.25, 0.3) is 5.69 Å². The van der Waals surface area contributed by atoms with Gasteiger partial charge >= 0.3 is 0 Å². The Labute approximate surface area is 122 Å². The molecular weight excluding hydrogens is 290 g/mol. The Kier molecular flexibility index (Phi) is 3.25. The summed E-state index contributed by atoms with van der Waals surface area (Å²) in [6, 6.07) is 14.9. The Hall–Kier alpha value is -2.21. The van der Waals surface area contributed by atoms with Gasteiger partial charge in [-0.1, -0.05) is 42.5 Å². The van der Waals surface area contributed by atoms with Gasteiger partial charge in [-0.3, -0.25) is 10.1 Å². The van der Waals surface area contributed by atoms with E-state index in [-0.39, 0.29) is 16.5 Å². The summed E-state index contributed by atoms with van der Waals surface area (Å²) in [5.74, 6) is -0.0731. The Morgan fingerprint density at radius 2 is 1.62 bits per heavy atom. The Morgan fingerprint density at radius 1 is 1.00 bits per heavy atom. The second-order valence-electron chi connectivity index (χ2n) is 5.06. The van der Waals surface area contributed by atoms with Crippen molar-refractivity contribution in [2.45, 2.75) is 22.5 Å². The summed E-state index contributed by atoms with van der Waals surface area (Å²) in [6.45, 7) is 0. The molecule has 0 bridgehead atoms. The third kappa shape index (κ3) is 2.42. The lowest BCUT2D eigenvalue weighted by atomic mass is 10.1. The molecule has 0 heterocycles. The molecule has 0 aliphatic heterocycles. The van der Waals surface area contributed by atoms with Gasteiger partial charge < -0.3 is 0 Å². The average Bonchev–Trinajstić information content (AvgIpc) is 3.29. The highest BCUT2D eigenvalue weighted by Crippen LogP contribution is 2.49. The van der Waals surface area contributed by atoms with Crippen molar-refractivity contribution in [1.29, 1.82) is 0 Å². The largest absolute Gasteiger partial charge is 0.287 e. The molecule has 108 valence electrons. The smallest absolute Gasteiger partial charge is 0.258 e. The van der Waals surface area contributed by atoms with Crippen LogP contribution in [-0.4, -0.2) is 18.6 Å². The number of sulfone groups is 1. The minimum absolute atomic E-state index is 0.0731. The minimum Gasteiger partial charge on any atom is -0.258 e. The second-order valence-corrected chi connectivity index (χ2v) is 7.20. The van der Waals surface area contributed by atoms with Crippen LogP contribution in [0, 0.1) is 10.1 Å². The monoisotopic (exact) mass is 303 g/mol. The zero-order chi connectivity index (χ0) is 15.0. The lowest BCUT2D eigenvalue weighted by molar-refractivity contribution is -0.387. The first kappa shape index (κ1) is 13.8. The standard InChI is InChI=1S/C15H13NO4S/c17-16(18)13-8-4-5-9-14(13)21(19,20)15-10-12(15)11-6-2-1-3-7-11/h1-9,12,15H,10H2. The highest BCUT2D eigenvalue weighted by Gasteiger charge is 2.50. The number of nitro groups is 1. The molecular formula is C15H13NO4S. The third-order valence-electron chi connectivity index (χ3n) is 3.73. The SMILES string of the molecule is O=[N+]([O-])c1ccccc1S(=O)(=O)C1CC1c1ccccc1. The highest BCUT2D eigenvalue weighted by atomic mass is 32.2. The first-order valence-electron chi connectivity index (χ1n) is 6.54. The Morgan fingerprint density at radius 3 is 2.29 bits per heavy atom. The van der Waals surface area contributed by atoms with Crippen LogP contribution in [0.2, 0.25) is 0 Å². The molecule has 2 unspecified atom stereocenters. The number of hydrogen-bond acceptors (Lipinski definition) is 4. The molecule has 1 saturated carbocycles. The molecule has 2 aromatic rings. The molecule has 3 rings (SSSR count). The highest BCUT2D eigenvalue weighted by molar-refractivity contribution is 7.92. The van der Waals surface area contributed by atoms with Crippen molar-refractivity contribution in [3.8, 4) is 0 Å². The zero-order valence-electron chi connectivity index (χ0n) is 11.0. The van der Waals surface area contributed by atoms with E-state index in [0.717, 1.165) is 5.56 Å². The van der Waals surface area contributed by atoms with Crippen molar-refractivity contribution < 1.29 is 13.3 Å². The van der Waals surface area contributed by atoms with Crippen LogP contribution < -0.4 is 0 Å². The molecule has 1 fully saturated rings. The molecule has 0 aromatic heterocycles. The summed E-state index contributed by atoms with van der Waals surface area (Å²) in [7, 11) is -3.68. The molecule has 2 atom stereocenters. The number of benzene rings is 2. The predicted molar refractivity (Wildman–Crippen MR) is 77.9 cm³/mol. The van der Waals surface area contributed by atoms with E-state index >= 15 is 0 Å². The summed E-state index contributed by atoms with van der Waals surface area (Å²) in [6.07, 6.45) is 0.512. The van der Waals surface area contributed by atoms with Crippen LogP contribution in [0.15, 0.2) is 59.5 Å². The normalized spacial score (nSPS) is 21.0. The number of rotatable bonds is 4. The van der Waals surface area contributed by atoms with Crippen molar-refractivity contribution in [3.05, 3.63) is 70.3 Å². The maximum absolute atomic E-state index is 12.6. The van der Waals surface area contributed by atoms with Crippen molar-refractivity contribution in [2.24, 2.45) is 0 Å². The molecule has 5 nitrogen and oxygen atoms in total. The molecule has 1 aliphatic carbocycles. The summed E-state index contributed by atoms with van der Waals surface area (Å²) in [4.78, 5) is 10.2. The fourth-order valence-corrected chi connectivity index (χ4v) is 4.66. The Balaban J connectivity index is 1.95. The van der Waals surface area contributed by atoms with Crippen LogP contribution >= 0.6 is 0 Å². The average molecular weight is 303 g/mol. The fourth-order valence-electron chi connectivity index (χ4n) is 2.58. The lowest BCUT2D eigenvalue weighted by Gasteiger charge is -2.05. The molecule has 1 aliphatic rings. The van der Waals surface area contributed by atoms with E-state index in [9.17, 15) is 18.5 Å². The quantitative estimate of drug-likeness (QED) is 0.642. The van der Waals surface area contributed by atoms with Gasteiger partial charge in [-0.2, -0.15) is 0 Å². The number of para-hydroxylation sites is 1. The van der Waals surface area contributed by atoms with E-state index < -0.39 is 20.0 Å². The number of nitrogens with zero attached hydrogens (tertiary/aromatic N) is 1. The van der Waals surface area contributed by atoms with Gasteiger partial charge in [-0.15, -0.1) is 0 Å². The second kappa shape index (κ2) is 4.96. The van der Waals surface area contributed by atoms with Crippen molar-refractivity contribution in [2.75, 3.05) is 0 Å². The first-order valence-corrected chi connectivity index (χ1v) is 8.08. The van der Waals surface area contributed by atoms with Gasteiger partial charge in [0.2, 0.25) is 0 Å². The molecule has 0 N–H and O–H groups in total. The Bertz CT molecular complexity index is 786. The predicted octanol–water partition coefficient (Wildman–Crippen LogP) is 2.92. The van der Waals surface area contributed by atoms with Gasteiger partial charge in [0.05, 0.1) is 10.2 Å². The topological polar surface area (TPSA) is 77.3 Å². The van der Waals surface area contributed by atoms with Crippen LogP contribution in [0.3, 0.4) is 0 Å². The van der Waals surface area contributed by atoms with Crippen molar-refractivity contribution in [3.63, 3.8) is 0 Å². The molecule has 21 heavy (non-hydrogen) atoms. The van der Waals surface area contributed by atoms with Gasteiger partial charge in [-0.25, -0.2) is 8.42 Å². The summed E-state index contributed by atoms with van der Waals surface area (Å²) in [5, 5.41) is 10.4. The van der Waals surface area contributed by atoms with Gasteiger partial charge in [0, 0.05) is 12.0 Å². The van der Waals surface area contributed by atoms with Crippen LogP contribution in [0.4, 0.5) is 5.69 Å². The van der Waals surface area contributed by atoms with Crippen LogP contribution in [0.5, 0.6) is 0 Å². The molecule has 0 amide bonds. The van der Waals surface area contributed by atoms with Crippen molar-refractivity contribution >= 4 is 15.5 Å². The van der Waals surface area contributed by atoms with Gasteiger partial charge in [-0.05, 0) is 18.1 Å². The molecule has 0 spiro atoms. The first-order chi connectivity index (χ1) is 10.0. The minimum atomic E-state index is -3.68. The van der Waals surface area contributed by atoms with Crippen molar-refractivity contribution in [1.82, 2.24) is 0 Å². The van der Waals surface area contributed by atoms with Gasteiger partial charge in [0.1, 0.15) is 4.90 Å². The van der Waals surface area contributed by atoms with E-state index in [2.05, 4.69) is 0 Å². The fraction of sp³-hybridized carbons (Fsp3) is 0.200. The van der Waals surface area contributed by atoms with Crippen LogP contribution in [-0.2, 0) is 9.84 Å². The summed E-state index contributed by atoms with van der Waals surface area (Å²) >= 11 is 0. The maximum Gasteiger partial charge on any atom is 0.287 e. The molecule has 2 aromatic carbocycles. The van der Waals surface area contributed by atoms with Crippen LogP contribution in [0.1, 0.15) is 17.9 Å². The van der Waals surface area contributed by atoms with E-state index in [1.807, 2.05) is 30.3 Å². The van der Waals surface area contributed by atoms with E-state index in [1.165, 1.54) is 24.3 Å². The molecule has 0 saturated heterocycles. The summed E-state index contributed by atoms with van der Waals surface area (Å²) < 4.78 is 25.2. The van der Waals surface area contributed by atoms with Crippen LogP contribution in [0.25, 0.3) is 0 Å². The lowest BCUT2D eigenvalue weighted by Crippen LogP contribution is -2.11. The van der Waals surface area contributed by atoms with E-state index in [0.29, 0.717) is 6.42 Å². The molecule has 6 heteroatoms. The molecule has 0 radical (unpaired) electrons.